The van der Waals surface area contributed by atoms with Crippen LogP contribution in [0.3, 0.4) is 0 Å². The second kappa shape index (κ2) is 8.46. The van der Waals surface area contributed by atoms with Crippen LogP contribution >= 0.6 is 11.6 Å². The minimum absolute atomic E-state index is 0.0560. The maximum atomic E-state index is 12.8. The number of nitrogens with one attached hydrogen (secondary N) is 1. The number of benzene rings is 2. The highest BCUT2D eigenvalue weighted by Crippen LogP contribution is 2.34. The Hall–Kier alpha value is -2.53. The largest absolute Gasteiger partial charge is 0.455 e. The third-order valence-electron chi connectivity index (χ3n) is 5.55. The lowest BCUT2D eigenvalue weighted by Crippen LogP contribution is -2.42. The van der Waals surface area contributed by atoms with Crippen LogP contribution < -0.4 is 10.1 Å². The van der Waals surface area contributed by atoms with Crippen LogP contribution in [0.4, 0.5) is 5.69 Å². The van der Waals surface area contributed by atoms with Gasteiger partial charge in [-0.3, -0.25) is 9.59 Å². The number of carbonyl (C=O) groups excluding carboxylic acids is 2. The predicted octanol–water partition coefficient (Wildman–Crippen LogP) is 5.03. The molecule has 152 valence electrons. The van der Waals surface area contributed by atoms with Crippen LogP contribution in [0.15, 0.2) is 42.5 Å². The van der Waals surface area contributed by atoms with Crippen LogP contribution in [0.5, 0.6) is 11.5 Å². The second-order valence-electron chi connectivity index (χ2n) is 7.92. The third-order valence-corrected chi connectivity index (χ3v) is 5.79. The van der Waals surface area contributed by atoms with E-state index in [1.807, 2.05) is 36.1 Å². The second-order valence-corrected chi connectivity index (χ2v) is 8.36. The number of piperidine rings is 1. The fourth-order valence-corrected chi connectivity index (χ4v) is 3.78. The van der Waals surface area contributed by atoms with E-state index in [9.17, 15) is 9.59 Å². The predicted molar refractivity (Wildman–Crippen MR) is 113 cm³/mol. The standard InChI is InChI=1S/C23H25ClN2O3/c1-15-2-7-19(8-3-15)29-21-9-6-18(24)14-20(21)25-22(27)16-10-12-26(13-11-16)23(28)17-4-5-17/h2-3,6-9,14,16-17H,4-5,10-13H2,1H3,(H,25,27). The molecule has 2 aromatic rings. The lowest BCUT2D eigenvalue weighted by atomic mass is 9.95. The first-order valence-corrected chi connectivity index (χ1v) is 10.5. The molecule has 0 aromatic heterocycles. The highest BCUT2D eigenvalue weighted by molar-refractivity contribution is 6.31. The summed E-state index contributed by atoms with van der Waals surface area (Å²) in [5.74, 6) is 1.55. The summed E-state index contributed by atoms with van der Waals surface area (Å²) in [5, 5.41) is 3.51. The molecular formula is C23H25ClN2O3. The summed E-state index contributed by atoms with van der Waals surface area (Å²) >= 11 is 6.15. The third kappa shape index (κ3) is 4.91. The van der Waals surface area contributed by atoms with Crippen LogP contribution in [-0.4, -0.2) is 29.8 Å². The number of hydrogen-bond donors (Lipinski definition) is 1. The monoisotopic (exact) mass is 412 g/mol. The van der Waals surface area contributed by atoms with E-state index in [2.05, 4.69) is 5.32 Å². The molecule has 1 aliphatic heterocycles. The summed E-state index contributed by atoms with van der Waals surface area (Å²) in [6.45, 7) is 3.31. The zero-order valence-electron chi connectivity index (χ0n) is 16.5. The Kier molecular flexibility index (Phi) is 5.76. The van der Waals surface area contributed by atoms with Gasteiger partial charge in [0.05, 0.1) is 5.69 Å². The fraction of sp³-hybridized carbons (Fsp3) is 0.391. The molecule has 6 heteroatoms. The summed E-state index contributed by atoms with van der Waals surface area (Å²) in [5.41, 5.74) is 1.70. The van der Waals surface area contributed by atoms with Gasteiger partial charge in [0.2, 0.25) is 11.8 Å². The van der Waals surface area contributed by atoms with Crippen LogP contribution in [0.1, 0.15) is 31.2 Å². The first kappa shape index (κ1) is 19.8. The summed E-state index contributed by atoms with van der Waals surface area (Å²) < 4.78 is 5.96. The number of rotatable bonds is 5. The smallest absolute Gasteiger partial charge is 0.227 e. The summed E-state index contributed by atoms with van der Waals surface area (Å²) in [7, 11) is 0. The molecule has 29 heavy (non-hydrogen) atoms. The first-order valence-electron chi connectivity index (χ1n) is 10.1. The molecule has 0 unspecified atom stereocenters. The summed E-state index contributed by atoms with van der Waals surface area (Å²) in [4.78, 5) is 26.9. The van der Waals surface area contributed by atoms with E-state index < -0.39 is 0 Å². The first-order chi connectivity index (χ1) is 14.0. The fourth-order valence-electron chi connectivity index (χ4n) is 3.61. The Morgan fingerprint density at radius 2 is 1.69 bits per heavy atom. The van der Waals surface area contributed by atoms with Crippen molar-refractivity contribution in [2.24, 2.45) is 11.8 Å². The van der Waals surface area contributed by atoms with Gasteiger partial charge in [-0.2, -0.15) is 0 Å². The Labute approximate surface area is 176 Å². The average molecular weight is 413 g/mol. The maximum Gasteiger partial charge on any atom is 0.227 e. The van der Waals surface area contributed by atoms with E-state index in [4.69, 9.17) is 16.3 Å². The molecule has 0 spiro atoms. The number of carbonyl (C=O) groups is 2. The van der Waals surface area contributed by atoms with Gasteiger partial charge >= 0.3 is 0 Å². The Bertz CT molecular complexity index is 901. The number of aryl methyl sites for hydroxylation is 1. The number of halogens is 1. The van der Waals surface area contributed by atoms with E-state index in [1.54, 1.807) is 18.2 Å². The van der Waals surface area contributed by atoms with Gasteiger partial charge in [-0.1, -0.05) is 29.3 Å². The number of nitrogens with zero attached hydrogens (tertiary/aromatic N) is 1. The van der Waals surface area contributed by atoms with Gasteiger partial charge < -0.3 is 15.0 Å². The van der Waals surface area contributed by atoms with Crippen molar-refractivity contribution in [2.75, 3.05) is 18.4 Å². The van der Waals surface area contributed by atoms with E-state index >= 15 is 0 Å². The molecule has 1 heterocycles. The lowest BCUT2D eigenvalue weighted by molar-refractivity contribution is -0.135. The van der Waals surface area contributed by atoms with E-state index in [1.165, 1.54) is 0 Å². The van der Waals surface area contributed by atoms with Crippen LogP contribution in [0.25, 0.3) is 0 Å². The quantitative estimate of drug-likeness (QED) is 0.749. The van der Waals surface area contributed by atoms with Gasteiger partial charge in [0.15, 0.2) is 5.75 Å². The van der Waals surface area contributed by atoms with Crippen LogP contribution in [0.2, 0.25) is 5.02 Å². The SMILES string of the molecule is Cc1ccc(Oc2ccc(Cl)cc2NC(=O)C2CCN(C(=O)C3CC3)CC2)cc1. The van der Waals surface area contributed by atoms with E-state index in [-0.39, 0.29) is 23.7 Å². The van der Waals surface area contributed by atoms with Crippen molar-refractivity contribution < 1.29 is 14.3 Å². The number of hydrogen-bond acceptors (Lipinski definition) is 3. The molecule has 1 saturated carbocycles. The number of likely N-dealkylation sites (tertiary alicyclic amines) is 1. The van der Waals surface area contributed by atoms with Crippen LogP contribution in [-0.2, 0) is 9.59 Å². The van der Waals surface area contributed by atoms with Crippen molar-refractivity contribution in [3.05, 3.63) is 53.1 Å². The number of anilines is 1. The van der Waals surface area contributed by atoms with Gasteiger partial charge in [-0.25, -0.2) is 0 Å². The molecule has 0 bridgehead atoms. The van der Waals surface area contributed by atoms with Gasteiger partial charge in [-0.15, -0.1) is 0 Å². The number of amides is 2. The zero-order valence-corrected chi connectivity index (χ0v) is 17.2. The maximum absolute atomic E-state index is 12.8. The highest BCUT2D eigenvalue weighted by Gasteiger charge is 2.36. The summed E-state index contributed by atoms with van der Waals surface area (Å²) in [6, 6.07) is 12.9. The normalized spacial score (nSPS) is 17.1. The Morgan fingerprint density at radius 1 is 1.00 bits per heavy atom. The topological polar surface area (TPSA) is 58.6 Å². The van der Waals surface area contributed by atoms with Crippen molar-refractivity contribution in [2.45, 2.75) is 32.6 Å². The minimum Gasteiger partial charge on any atom is -0.455 e. The molecule has 2 amide bonds. The molecule has 1 aliphatic carbocycles. The zero-order chi connectivity index (χ0) is 20.4. The minimum atomic E-state index is -0.121. The van der Waals surface area contributed by atoms with Gasteiger partial charge in [0.25, 0.3) is 0 Å². The molecule has 0 radical (unpaired) electrons. The van der Waals surface area contributed by atoms with Gasteiger partial charge in [0, 0.05) is 29.9 Å². The van der Waals surface area contributed by atoms with Gasteiger partial charge in [-0.05, 0) is 62.9 Å². The molecule has 0 atom stereocenters. The molecule has 1 saturated heterocycles. The molecular weight excluding hydrogens is 388 g/mol. The van der Waals surface area contributed by atoms with Crippen LogP contribution in [0, 0.1) is 18.8 Å². The molecule has 1 N–H and O–H groups in total. The van der Waals surface area contributed by atoms with Crippen molar-refractivity contribution in [3.63, 3.8) is 0 Å². The van der Waals surface area contributed by atoms with E-state index in [0.29, 0.717) is 48.1 Å². The molecule has 4 rings (SSSR count). The van der Waals surface area contributed by atoms with Gasteiger partial charge in [0.1, 0.15) is 5.75 Å². The molecule has 2 fully saturated rings. The Balaban J connectivity index is 1.40. The van der Waals surface area contributed by atoms with Crippen molar-refractivity contribution in [3.8, 4) is 11.5 Å². The van der Waals surface area contributed by atoms with Crippen molar-refractivity contribution in [1.29, 1.82) is 0 Å². The average Bonchev–Trinajstić information content (AvgIpc) is 3.56. The highest BCUT2D eigenvalue weighted by atomic mass is 35.5. The van der Waals surface area contributed by atoms with E-state index in [0.717, 1.165) is 18.4 Å². The number of ether oxygens (including phenoxy) is 1. The van der Waals surface area contributed by atoms with Crippen molar-refractivity contribution >= 4 is 29.1 Å². The Morgan fingerprint density at radius 3 is 2.34 bits per heavy atom. The molecule has 2 aliphatic rings. The molecule has 2 aromatic carbocycles. The summed E-state index contributed by atoms with van der Waals surface area (Å²) in [6.07, 6.45) is 3.38. The molecule has 5 nitrogen and oxygen atoms in total. The van der Waals surface area contributed by atoms with Crippen molar-refractivity contribution in [1.82, 2.24) is 4.90 Å². The lowest BCUT2D eigenvalue weighted by Gasteiger charge is -2.31.